The summed E-state index contributed by atoms with van der Waals surface area (Å²) in [6.07, 6.45) is 1.38. The molecule has 0 heterocycles. The predicted molar refractivity (Wildman–Crippen MR) is 155 cm³/mol. The fourth-order valence-electron chi connectivity index (χ4n) is 3.83. The highest BCUT2D eigenvalue weighted by Crippen LogP contribution is 2.21. The van der Waals surface area contributed by atoms with Crippen molar-refractivity contribution in [1.29, 1.82) is 0 Å². The fourth-order valence-corrected chi connectivity index (χ4v) is 5.06. The number of hydrogen-bond donors (Lipinski definition) is 2. The highest BCUT2D eigenvalue weighted by molar-refractivity contribution is 7.89. The van der Waals surface area contributed by atoms with Crippen molar-refractivity contribution < 1.29 is 22.7 Å². The van der Waals surface area contributed by atoms with Crippen molar-refractivity contribution in [2.75, 3.05) is 7.11 Å². The Labute approximate surface area is 234 Å². The molecule has 0 bridgehead atoms. The number of hydrazone groups is 1. The Kier molecular flexibility index (Phi) is 9.66. The second-order valence-electron chi connectivity index (χ2n) is 9.10. The van der Waals surface area contributed by atoms with Crippen LogP contribution in [0.4, 0.5) is 0 Å². The number of hydrogen-bond acceptors (Lipinski definition) is 6. The molecule has 1 atom stereocenters. The molecule has 0 spiro atoms. The van der Waals surface area contributed by atoms with Crippen LogP contribution in [0.3, 0.4) is 0 Å². The summed E-state index contributed by atoms with van der Waals surface area (Å²) in [6, 6.07) is 29.7. The van der Waals surface area contributed by atoms with E-state index >= 15 is 0 Å². The molecule has 0 saturated carbocycles. The molecule has 0 saturated heterocycles. The van der Waals surface area contributed by atoms with Gasteiger partial charge in [0.25, 0.3) is 0 Å². The smallest absolute Gasteiger partial charge is 0.242 e. The number of nitrogens with zero attached hydrogens (tertiary/aromatic N) is 1. The van der Waals surface area contributed by atoms with Gasteiger partial charge in [-0.15, -0.1) is 0 Å². The number of ether oxygens (including phenoxy) is 2. The SMILES string of the molecule is COc1ccc(COc2ccc(/C=N\NC(=O)C[C@H](NS(=O)(=O)c3ccc(C)cc3)c3ccccc3)cc2)cc1. The lowest BCUT2D eigenvalue weighted by molar-refractivity contribution is -0.121. The summed E-state index contributed by atoms with van der Waals surface area (Å²) < 4.78 is 39.6. The molecule has 4 aromatic rings. The van der Waals surface area contributed by atoms with Gasteiger partial charge in [-0.25, -0.2) is 18.6 Å². The van der Waals surface area contributed by atoms with Crippen LogP contribution in [0.25, 0.3) is 0 Å². The monoisotopic (exact) mass is 557 g/mol. The molecule has 0 unspecified atom stereocenters. The third kappa shape index (κ3) is 8.26. The van der Waals surface area contributed by atoms with E-state index in [-0.39, 0.29) is 11.3 Å². The molecular formula is C31H31N3O5S. The molecule has 0 radical (unpaired) electrons. The number of carbonyl (C=O) groups excluding carboxylic acids is 1. The number of methoxy groups -OCH3 is 1. The molecule has 0 aliphatic carbocycles. The first-order chi connectivity index (χ1) is 19.3. The third-order valence-corrected chi connectivity index (χ3v) is 7.56. The highest BCUT2D eigenvalue weighted by Gasteiger charge is 2.23. The average Bonchev–Trinajstić information content (AvgIpc) is 2.97. The Morgan fingerprint density at radius 1 is 0.875 bits per heavy atom. The van der Waals surface area contributed by atoms with Gasteiger partial charge in [0.05, 0.1) is 24.3 Å². The van der Waals surface area contributed by atoms with E-state index in [2.05, 4.69) is 15.2 Å². The maximum atomic E-state index is 13.0. The maximum absolute atomic E-state index is 13.0. The number of nitrogens with one attached hydrogen (secondary N) is 2. The largest absolute Gasteiger partial charge is 0.497 e. The summed E-state index contributed by atoms with van der Waals surface area (Å²) >= 11 is 0. The Hall–Kier alpha value is -4.47. The highest BCUT2D eigenvalue weighted by atomic mass is 32.2. The average molecular weight is 558 g/mol. The Balaban J connectivity index is 1.33. The number of aryl methyl sites for hydroxylation is 1. The van der Waals surface area contributed by atoms with Crippen molar-refractivity contribution in [3.05, 3.63) is 125 Å². The van der Waals surface area contributed by atoms with Crippen LogP contribution in [0.1, 0.15) is 34.7 Å². The summed E-state index contributed by atoms with van der Waals surface area (Å²) in [5.74, 6) is 1.05. The lowest BCUT2D eigenvalue weighted by Crippen LogP contribution is -2.32. The van der Waals surface area contributed by atoms with Gasteiger partial charge in [-0.3, -0.25) is 4.79 Å². The molecule has 206 valence electrons. The van der Waals surface area contributed by atoms with Gasteiger partial charge in [0.1, 0.15) is 18.1 Å². The first-order valence-electron chi connectivity index (χ1n) is 12.6. The third-order valence-electron chi connectivity index (χ3n) is 6.07. The Bertz CT molecular complexity index is 1520. The molecule has 40 heavy (non-hydrogen) atoms. The van der Waals surface area contributed by atoms with Crippen molar-refractivity contribution in [3.63, 3.8) is 0 Å². The van der Waals surface area contributed by atoms with E-state index in [1.54, 1.807) is 55.6 Å². The van der Waals surface area contributed by atoms with Crippen LogP contribution in [-0.4, -0.2) is 27.6 Å². The summed E-state index contributed by atoms with van der Waals surface area (Å²) in [5.41, 5.74) is 5.89. The quantitative estimate of drug-likeness (QED) is 0.185. The minimum absolute atomic E-state index is 0.133. The number of carbonyl (C=O) groups is 1. The number of amides is 1. The molecule has 0 aromatic heterocycles. The molecule has 2 N–H and O–H groups in total. The molecular weight excluding hydrogens is 526 g/mol. The molecule has 9 heteroatoms. The molecule has 4 aromatic carbocycles. The molecule has 4 rings (SSSR count). The zero-order valence-electron chi connectivity index (χ0n) is 22.3. The van der Waals surface area contributed by atoms with Gasteiger partial charge in [0, 0.05) is 6.42 Å². The molecule has 1 amide bonds. The van der Waals surface area contributed by atoms with Gasteiger partial charge >= 0.3 is 0 Å². The van der Waals surface area contributed by atoms with Gasteiger partial charge in [-0.1, -0.05) is 60.2 Å². The van der Waals surface area contributed by atoms with Crippen LogP contribution in [0, 0.1) is 6.92 Å². The normalized spacial score (nSPS) is 12.2. The lowest BCUT2D eigenvalue weighted by Gasteiger charge is -2.18. The minimum Gasteiger partial charge on any atom is -0.497 e. The topological polar surface area (TPSA) is 106 Å². The van der Waals surface area contributed by atoms with Crippen molar-refractivity contribution in [3.8, 4) is 11.5 Å². The van der Waals surface area contributed by atoms with Crippen LogP contribution in [0.15, 0.2) is 113 Å². The van der Waals surface area contributed by atoms with Gasteiger partial charge in [-0.05, 0) is 72.1 Å². The zero-order valence-corrected chi connectivity index (χ0v) is 23.1. The van der Waals surface area contributed by atoms with Gasteiger partial charge < -0.3 is 9.47 Å². The number of rotatable bonds is 12. The van der Waals surface area contributed by atoms with E-state index in [0.29, 0.717) is 17.9 Å². The Morgan fingerprint density at radius 2 is 1.52 bits per heavy atom. The van der Waals surface area contributed by atoms with Crippen molar-refractivity contribution >= 4 is 22.1 Å². The summed E-state index contributed by atoms with van der Waals surface area (Å²) in [7, 11) is -2.22. The maximum Gasteiger partial charge on any atom is 0.242 e. The van der Waals surface area contributed by atoms with Crippen LogP contribution < -0.4 is 19.6 Å². The van der Waals surface area contributed by atoms with Gasteiger partial charge in [0.2, 0.25) is 15.9 Å². The van der Waals surface area contributed by atoms with Crippen LogP contribution in [-0.2, 0) is 21.4 Å². The fraction of sp³-hybridized carbons (Fsp3) is 0.161. The molecule has 0 fully saturated rings. The Morgan fingerprint density at radius 3 is 2.17 bits per heavy atom. The van der Waals surface area contributed by atoms with E-state index < -0.39 is 22.0 Å². The number of benzene rings is 4. The predicted octanol–water partition coefficient (Wildman–Crippen LogP) is 5.14. The van der Waals surface area contributed by atoms with E-state index in [1.165, 1.54) is 6.21 Å². The van der Waals surface area contributed by atoms with Gasteiger partial charge in [0.15, 0.2) is 0 Å². The van der Waals surface area contributed by atoms with Crippen LogP contribution in [0.2, 0.25) is 0 Å². The summed E-state index contributed by atoms with van der Waals surface area (Å²) in [4.78, 5) is 12.8. The molecule has 0 aliphatic rings. The van der Waals surface area contributed by atoms with Crippen LogP contribution >= 0.6 is 0 Å². The minimum atomic E-state index is -3.85. The molecule has 0 aliphatic heterocycles. The summed E-state index contributed by atoms with van der Waals surface area (Å²) in [6.45, 7) is 2.30. The van der Waals surface area contributed by atoms with Gasteiger partial charge in [-0.2, -0.15) is 5.10 Å². The van der Waals surface area contributed by atoms with E-state index in [9.17, 15) is 13.2 Å². The van der Waals surface area contributed by atoms with Crippen molar-refractivity contribution in [1.82, 2.24) is 10.1 Å². The molecule has 8 nitrogen and oxygen atoms in total. The van der Waals surface area contributed by atoms with E-state index in [4.69, 9.17) is 9.47 Å². The second kappa shape index (κ2) is 13.5. The van der Waals surface area contributed by atoms with E-state index in [1.807, 2.05) is 61.5 Å². The standard InChI is InChI=1S/C31H31N3O5S/c1-23-8-18-29(19-9-23)40(36,37)34-30(26-6-4-3-5-7-26)20-31(35)33-32-21-24-10-16-28(17-11-24)39-22-25-12-14-27(38-2)15-13-25/h3-19,21,30,34H,20,22H2,1-2H3,(H,33,35)/b32-21-/t30-/m0/s1. The zero-order chi connectivity index (χ0) is 28.4. The first kappa shape index (κ1) is 28.5. The summed E-state index contributed by atoms with van der Waals surface area (Å²) in [5, 5.41) is 4.04. The second-order valence-corrected chi connectivity index (χ2v) is 10.8. The van der Waals surface area contributed by atoms with Crippen molar-refractivity contribution in [2.24, 2.45) is 5.10 Å². The lowest BCUT2D eigenvalue weighted by atomic mass is 10.0. The first-order valence-corrected chi connectivity index (χ1v) is 14.1. The number of sulfonamides is 1. The van der Waals surface area contributed by atoms with E-state index in [0.717, 1.165) is 22.4 Å². The van der Waals surface area contributed by atoms with Crippen LogP contribution in [0.5, 0.6) is 11.5 Å². The van der Waals surface area contributed by atoms with Crippen molar-refractivity contribution in [2.45, 2.75) is 30.9 Å².